The number of aliphatic hydroxyl groups is 4. The van der Waals surface area contributed by atoms with E-state index in [0.717, 1.165) is 0 Å². The van der Waals surface area contributed by atoms with Crippen molar-refractivity contribution in [3.05, 3.63) is 30.1 Å². The van der Waals surface area contributed by atoms with Gasteiger partial charge in [-0.05, 0) is 38.1 Å². The lowest BCUT2D eigenvalue weighted by Gasteiger charge is -2.18. The molecule has 1 fully saturated rings. The first-order valence-corrected chi connectivity index (χ1v) is 9.04. The Kier molecular flexibility index (Phi) is 12.6. The van der Waals surface area contributed by atoms with Crippen LogP contribution in [0.15, 0.2) is 24.5 Å². The molecule has 180 valence electrons. The summed E-state index contributed by atoms with van der Waals surface area (Å²) in [4.78, 5) is 45.6. The summed E-state index contributed by atoms with van der Waals surface area (Å²) >= 11 is 0. The van der Waals surface area contributed by atoms with Gasteiger partial charge in [0.25, 0.3) is 0 Å². The van der Waals surface area contributed by atoms with Crippen LogP contribution in [0, 0.1) is 0 Å². The molecule has 0 aliphatic carbocycles. The Bertz CT molecular complexity index is 688. The molecule has 14 heteroatoms. The maximum absolute atomic E-state index is 9.77. The van der Waals surface area contributed by atoms with Gasteiger partial charge in [-0.25, -0.2) is 19.2 Å². The minimum atomic E-state index is -2.27. The van der Waals surface area contributed by atoms with Crippen molar-refractivity contribution in [2.45, 2.75) is 43.3 Å². The summed E-state index contributed by atoms with van der Waals surface area (Å²) < 4.78 is 0. The number of likely N-dealkylation sites (tertiary alicyclic amines) is 1. The van der Waals surface area contributed by atoms with E-state index in [1.807, 2.05) is 18.5 Å². The number of pyridine rings is 1. The number of aliphatic carboxylic acids is 4. The van der Waals surface area contributed by atoms with Crippen molar-refractivity contribution in [1.29, 1.82) is 0 Å². The predicted octanol–water partition coefficient (Wildman–Crippen LogP) is -2.40. The molecule has 0 spiro atoms. The number of aliphatic hydroxyl groups excluding tert-OH is 4. The zero-order valence-corrected chi connectivity index (χ0v) is 16.9. The van der Waals surface area contributed by atoms with Gasteiger partial charge < -0.3 is 40.9 Å². The first-order valence-electron chi connectivity index (χ1n) is 9.04. The molecule has 0 radical (unpaired) electrons. The molecule has 1 aliphatic heterocycles. The van der Waals surface area contributed by atoms with Crippen LogP contribution >= 0.6 is 0 Å². The highest BCUT2D eigenvalue weighted by atomic mass is 16.4. The monoisotopic (exact) mass is 462 g/mol. The van der Waals surface area contributed by atoms with E-state index in [0.29, 0.717) is 6.04 Å². The lowest BCUT2D eigenvalue weighted by atomic mass is 10.1. The van der Waals surface area contributed by atoms with Crippen molar-refractivity contribution in [3.63, 3.8) is 0 Å². The molecule has 2 rings (SSSR count). The fraction of sp³-hybridized carbons (Fsp3) is 0.500. The lowest BCUT2D eigenvalue weighted by Crippen LogP contribution is -2.39. The topological polar surface area (TPSA) is 246 Å². The number of aromatic nitrogens is 1. The van der Waals surface area contributed by atoms with Crippen molar-refractivity contribution in [2.24, 2.45) is 0 Å². The molecule has 14 nitrogen and oxygen atoms in total. The highest BCUT2D eigenvalue weighted by Gasteiger charge is 2.30. The number of hydrogen-bond acceptors (Lipinski definition) is 10. The quantitative estimate of drug-likeness (QED) is 0.210. The fourth-order valence-electron chi connectivity index (χ4n) is 2.44. The predicted molar refractivity (Wildman–Crippen MR) is 103 cm³/mol. The first-order chi connectivity index (χ1) is 14.8. The third-order valence-corrected chi connectivity index (χ3v) is 4.20. The zero-order valence-electron chi connectivity index (χ0n) is 16.9. The molecule has 1 aromatic heterocycles. The maximum Gasteiger partial charge on any atom is 0.335 e. The van der Waals surface area contributed by atoms with Crippen molar-refractivity contribution in [1.82, 2.24) is 9.88 Å². The molecule has 1 aliphatic rings. The van der Waals surface area contributed by atoms with E-state index in [9.17, 15) is 19.2 Å². The molecule has 1 saturated heterocycles. The smallest absolute Gasteiger partial charge is 0.335 e. The Labute approximate surface area is 181 Å². The maximum atomic E-state index is 9.77. The van der Waals surface area contributed by atoms with Crippen LogP contribution in [0.4, 0.5) is 0 Å². The van der Waals surface area contributed by atoms with Crippen molar-refractivity contribution in [3.8, 4) is 0 Å². The van der Waals surface area contributed by atoms with Gasteiger partial charge in [0.05, 0.1) is 0 Å². The summed E-state index contributed by atoms with van der Waals surface area (Å²) in [6, 6.07) is 4.79. The Morgan fingerprint density at radius 2 is 1.28 bits per heavy atom. The molecule has 5 atom stereocenters. The first kappa shape index (κ1) is 28.8. The normalized spacial score (nSPS) is 19.1. The highest BCUT2D eigenvalue weighted by Crippen LogP contribution is 2.29. The van der Waals surface area contributed by atoms with Crippen molar-refractivity contribution < 1.29 is 60.0 Å². The highest BCUT2D eigenvalue weighted by molar-refractivity contribution is 5.83. The fourth-order valence-corrected chi connectivity index (χ4v) is 2.44. The van der Waals surface area contributed by atoms with Gasteiger partial charge in [-0.15, -0.1) is 0 Å². The van der Waals surface area contributed by atoms with Gasteiger partial charge in [0, 0.05) is 18.4 Å². The van der Waals surface area contributed by atoms with Crippen LogP contribution in [0.25, 0.3) is 0 Å². The van der Waals surface area contributed by atoms with Crippen molar-refractivity contribution >= 4 is 23.9 Å². The lowest BCUT2D eigenvalue weighted by molar-refractivity contribution is -0.165. The Morgan fingerprint density at radius 1 is 0.875 bits per heavy atom. The molecule has 8 N–H and O–H groups in total. The van der Waals surface area contributed by atoms with E-state index < -0.39 is 48.3 Å². The van der Waals surface area contributed by atoms with Crippen LogP contribution in [0.1, 0.15) is 24.4 Å². The molecule has 0 amide bonds. The van der Waals surface area contributed by atoms with E-state index in [1.165, 1.54) is 24.9 Å². The Hall–Kier alpha value is -3.17. The van der Waals surface area contributed by atoms with E-state index in [1.54, 1.807) is 0 Å². The standard InChI is InChI=1S/C10H14N2.2C4H6O6/c1-12-7-3-5-10(12)9-4-2-6-11-8-9;2*5-1(3(7)8)2(6)4(9)10/h2,4,6,8,10H,3,5,7H2,1H3;2*1-2,5-6H,(H,7,8)(H,9,10)/t10-;2*1-,2-/m111/s1. The largest absolute Gasteiger partial charge is 0.479 e. The molecular weight excluding hydrogens is 436 g/mol. The summed E-state index contributed by atoms with van der Waals surface area (Å²) in [7, 11) is 2.19. The van der Waals surface area contributed by atoms with Crippen LogP contribution in [-0.4, -0.2) is 113 Å². The van der Waals surface area contributed by atoms with Crippen LogP contribution in [0.2, 0.25) is 0 Å². The average molecular weight is 462 g/mol. The summed E-state index contributed by atoms with van der Waals surface area (Å²) in [6.45, 7) is 1.22. The SMILES string of the molecule is CN1CCC[C@@H]1c1cccnc1.O=C(O)[C@H](O)[C@@H](O)C(=O)O.O=C(O)[C@H](O)[C@@H](O)C(=O)O. The molecule has 0 saturated carbocycles. The molecule has 1 aromatic rings. The summed E-state index contributed by atoms with van der Waals surface area (Å²) in [5.41, 5.74) is 1.36. The number of hydrogen-bond donors (Lipinski definition) is 8. The number of carboxylic acids is 4. The van der Waals surface area contributed by atoms with E-state index >= 15 is 0 Å². The number of carbonyl (C=O) groups is 4. The molecule has 0 bridgehead atoms. The molecule has 2 heterocycles. The van der Waals surface area contributed by atoms with E-state index in [2.05, 4.69) is 23.0 Å². The van der Waals surface area contributed by atoms with Crippen molar-refractivity contribution in [2.75, 3.05) is 13.6 Å². The average Bonchev–Trinajstić information content (AvgIpc) is 3.18. The molecular formula is C18H26N2O12. The van der Waals surface area contributed by atoms with Gasteiger partial charge in [-0.3, -0.25) is 9.88 Å². The second-order valence-corrected chi connectivity index (χ2v) is 6.56. The number of rotatable bonds is 7. The number of carboxylic acid groups (broad SMARTS) is 4. The van der Waals surface area contributed by atoms with Crippen LogP contribution in [0.5, 0.6) is 0 Å². The van der Waals surface area contributed by atoms with E-state index in [-0.39, 0.29) is 0 Å². The second-order valence-electron chi connectivity index (χ2n) is 6.56. The minimum absolute atomic E-state index is 0.610. The van der Waals surface area contributed by atoms with Gasteiger partial charge in [-0.1, -0.05) is 6.07 Å². The third kappa shape index (κ3) is 9.76. The second kappa shape index (κ2) is 14.0. The van der Waals surface area contributed by atoms with Gasteiger partial charge in [0.1, 0.15) is 0 Å². The molecule has 0 unspecified atom stereocenters. The van der Waals surface area contributed by atoms with Gasteiger partial charge in [0.15, 0.2) is 24.4 Å². The van der Waals surface area contributed by atoms with Gasteiger partial charge in [0.2, 0.25) is 0 Å². The van der Waals surface area contributed by atoms with Crippen LogP contribution in [-0.2, 0) is 19.2 Å². The minimum Gasteiger partial charge on any atom is -0.479 e. The third-order valence-electron chi connectivity index (χ3n) is 4.20. The summed E-state index contributed by atoms with van der Waals surface area (Å²) in [5, 5.41) is 65.1. The van der Waals surface area contributed by atoms with Crippen LogP contribution in [0.3, 0.4) is 0 Å². The van der Waals surface area contributed by atoms with Crippen LogP contribution < -0.4 is 0 Å². The summed E-state index contributed by atoms with van der Waals surface area (Å²) in [5.74, 6) is -7.07. The zero-order chi connectivity index (χ0) is 25.0. The number of nitrogens with zero attached hydrogens (tertiary/aromatic N) is 2. The van der Waals surface area contributed by atoms with E-state index in [4.69, 9.17) is 40.9 Å². The molecule has 0 aromatic carbocycles. The summed E-state index contributed by atoms with van der Waals surface area (Å²) in [6.07, 6.45) is -2.66. The Morgan fingerprint density at radius 3 is 1.53 bits per heavy atom. The van der Waals surface area contributed by atoms with Gasteiger partial charge >= 0.3 is 23.9 Å². The Balaban J connectivity index is 0.000000455. The van der Waals surface area contributed by atoms with Gasteiger partial charge in [-0.2, -0.15) is 0 Å². The molecule has 32 heavy (non-hydrogen) atoms.